The molecule has 2 aromatic rings. The number of ketones is 1. The molecule has 0 spiro atoms. The molecule has 2 unspecified atom stereocenters. The van der Waals surface area contributed by atoms with Gasteiger partial charge in [0.2, 0.25) is 5.91 Å². The number of rotatable bonds is 5. The SMILES string of the molecule is CCOc1ccc(C2CC(=O)C3=C(C2)NC(=O)CC3c2ccccc2OC)cc1. The van der Waals surface area contributed by atoms with E-state index >= 15 is 0 Å². The number of allylic oxidation sites excluding steroid dienone is 2. The molecule has 0 saturated heterocycles. The average Bonchev–Trinajstić information content (AvgIpc) is 2.73. The van der Waals surface area contributed by atoms with E-state index in [0.717, 1.165) is 28.1 Å². The van der Waals surface area contributed by atoms with Gasteiger partial charge in [-0.15, -0.1) is 0 Å². The summed E-state index contributed by atoms with van der Waals surface area (Å²) in [5.41, 5.74) is 3.47. The molecule has 0 aromatic heterocycles. The summed E-state index contributed by atoms with van der Waals surface area (Å²) in [5, 5.41) is 2.97. The molecule has 150 valence electrons. The molecule has 29 heavy (non-hydrogen) atoms. The Morgan fingerprint density at radius 1 is 1.00 bits per heavy atom. The van der Waals surface area contributed by atoms with Crippen LogP contribution in [0.5, 0.6) is 11.5 Å². The van der Waals surface area contributed by atoms with Gasteiger partial charge in [-0.2, -0.15) is 0 Å². The molecule has 2 aliphatic rings. The molecule has 0 bridgehead atoms. The van der Waals surface area contributed by atoms with Gasteiger partial charge in [0.25, 0.3) is 0 Å². The van der Waals surface area contributed by atoms with Crippen LogP contribution in [0.1, 0.15) is 49.1 Å². The molecule has 0 fully saturated rings. The maximum Gasteiger partial charge on any atom is 0.225 e. The first-order chi connectivity index (χ1) is 14.1. The second kappa shape index (κ2) is 8.11. The summed E-state index contributed by atoms with van der Waals surface area (Å²) in [5.74, 6) is 1.36. The van der Waals surface area contributed by atoms with Crippen molar-refractivity contribution in [2.45, 2.75) is 38.0 Å². The van der Waals surface area contributed by atoms with E-state index < -0.39 is 0 Å². The Hall–Kier alpha value is -3.08. The first-order valence-electron chi connectivity index (χ1n) is 10.0. The molecule has 0 saturated carbocycles. The van der Waals surface area contributed by atoms with Gasteiger partial charge in [0.1, 0.15) is 11.5 Å². The van der Waals surface area contributed by atoms with Crippen LogP contribution in [-0.2, 0) is 9.59 Å². The van der Waals surface area contributed by atoms with Gasteiger partial charge >= 0.3 is 0 Å². The van der Waals surface area contributed by atoms with Crippen molar-refractivity contribution in [1.82, 2.24) is 5.32 Å². The topological polar surface area (TPSA) is 64.6 Å². The summed E-state index contributed by atoms with van der Waals surface area (Å²) in [6, 6.07) is 15.5. The first kappa shape index (κ1) is 19.2. The lowest BCUT2D eigenvalue weighted by molar-refractivity contribution is -0.122. The third-order valence-electron chi connectivity index (χ3n) is 5.71. The molecule has 5 heteroatoms. The highest BCUT2D eigenvalue weighted by molar-refractivity contribution is 6.02. The largest absolute Gasteiger partial charge is 0.496 e. The van der Waals surface area contributed by atoms with Crippen molar-refractivity contribution < 1.29 is 19.1 Å². The van der Waals surface area contributed by atoms with E-state index in [9.17, 15) is 9.59 Å². The van der Waals surface area contributed by atoms with Crippen LogP contribution >= 0.6 is 0 Å². The van der Waals surface area contributed by atoms with Gasteiger partial charge in [0.15, 0.2) is 5.78 Å². The van der Waals surface area contributed by atoms with Crippen LogP contribution in [0, 0.1) is 0 Å². The molecule has 1 aliphatic heterocycles. The normalized spacial score (nSPS) is 21.4. The van der Waals surface area contributed by atoms with Crippen LogP contribution in [0.15, 0.2) is 59.8 Å². The predicted molar refractivity (Wildman–Crippen MR) is 110 cm³/mol. The van der Waals surface area contributed by atoms with Crippen LogP contribution in [-0.4, -0.2) is 25.4 Å². The Kier molecular flexibility index (Phi) is 5.38. The van der Waals surface area contributed by atoms with Crippen molar-refractivity contribution in [3.05, 3.63) is 70.9 Å². The van der Waals surface area contributed by atoms with Crippen LogP contribution in [0.25, 0.3) is 0 Å². The van der Waals surface area contributed by atoms with Crippen molar-refractivity contribution in [1.29, 1.82) is 0 Å². The van der Waals surface area contributed by atoms with E-state index in [1.54, 1.807) is 7.11 Å². The highest BCUT2D eigenvalue weighted by Crippen LogP contribution is 2.44. The number of nitrogens with one attached hydrogen (secondary N) is 1. The predicted octanol–water partition coefficient (Wildman–Crippen LogP) is 4.10. The number of ether oxygens (including phenoxy) is 2. The van der Waals surface area contributed by atoms with Gasteiger partial charge < -0.3 is 14.8 Å². The fourth-order valence-electron chi connectivity index (χ4n) is 4.42. The van der Waals surface area contributed by atoms with E-state index in [0.29, 0.717) is 25.2 Å². The molecular formula is C24H25NO4. The number of carbonyl (C=O) groups excluding carboxylic acids is 2. The molecule has 4 rings (SSSR count). The number of para-hydroxylation sites is 1. The summed E-state index contributed by atoms with van der Waals surface area (Å²) in [4.78, 5) is 25.7. The van der Waals surface area contributed by atoms with Crippen molar-refractivity contribution in [3.8, 4) is 11.5 Å². The number of benzene rings is 2. The first-order valence-corrected chi connectivity index (χ1v) is 10.0. The Morgan fingerprint density at radius 2 is 1.76 bits per heavy atom. The number of carbonyl (C=O) groups is 2. The Labute approximate surface area is 170 Å². The lowest BCUT2D eigenvalue weighted by Crippen LogP contribution is -2.38. The highest BCUT2D eigenvalue weighted by atomic mass is 16.5. The number of hydrogen-bond donors (Lipinski definition) is 1. The summed E-state index contributed by atoms with van der Waals surface area (Å²) >= 11 is 0. The Bertz CT molecular complexity index is 961. The minimum Gasteiger partial charge on any atom is -0.496 e. The van der Waals surface area contributed by atoms with Crippen LogP contribution < -0.4 is 14.8 Å². The van der Waals surface area contributed by atoms with Crippen molar-refractivity contribution in [3.63, 3.8) is 0 Å². The summed E-state index contributed by atoms with van der Waals surface area (Å²) in [7, 11) is 1.61. The fourth-order valence-corrected chi connectivity index (χ4v) is 4.42. The standard InChI is InChI=1S/C24H25NO4/c1-3-29-17-10-8-15(9-11-17)16-12-20-24(21(26)13-16)19(14-23(27)25-20)18-6-4-5-7-22(18)28-2/h4-11,16,19H,3,12-14H2,1-2H3,(H,25,27). The minimum atomic E-state index is -0.260. The van der Waals surface area contributed by atoms with Gasteiger partial charge in [-0.3, -0.25) is 9.59 Å². The summed E-state index contributed by atoms with van der Waals surface area (Å²) < 4.78 is 11.0. The second-order valence-corrected chi connectivity index (χ2v) is 7.47. The maximum absolute atomic E-state index is 13.2. The van der Waals surface area contributed by atoms with Crippen molar-refractivity contribution >= 4 is 11.7 Å². The maximum atomic E-state index is 13.2. The van der Waals surface area contributed by atoms with E-state index in [-0.39, 0.29) is 29.9 Å². The Balaban J connectivity index is 1.67. The number of amides is 1. The van der Waals surface area contributed by atoms with E-state index in [4.69, 9.17) is 9.47 Å². The average molecular weight is 391 g/mol. The quantitative estimate of drug-likeness (QED) is 0.834. The van der Waals surface area contributed by atoms with Crippen LogP contribution in [0.2, 0.25) is 0 Å². The van der Waals surface area contributed by atoms with Gasteiger partial charge in [-0.1, -0.05) is 30.3 Å². The zero-order valence-corrected chi connectivity index (χ0v) is 16.7. The van der Waals surface area contributed by atoms with Gasteiger partial charge in [-0.05, 0) is 43.0 Å². The monoisotopic (exact) mass is 391 g/mol. The summed E-state index contributed by atoms with van der Waals surface area (Å²) in [6.45, 7) is 2.57. The van der Waals surface area contributed by atoms with Crippen LogP contribution in [0.4, 0.5) is 0 Å². The van der Waals surface area contributed by atoms with Gasteiger partial charge in [0.05, 0.1) is 13.7 Å². The number of hydrogen-bond acceptors (Lipinski definition) is 4. The molecule has 0 radical (unpaired) electrons. The third-order valence-corrected chi connectivity index (χ3v) is 5.71. The van der Waals surface area contributed by atoms with Gasteiger partial charge in [-0.25, -0.2) is 0 Å². The lowest BCUT2D eigenvalue weighted by atomic mass is 9.73. The number of methoxy groups -OCH3 is 1. The lowest BCUT2D eigenvalue weighted by Gasteiger charge is -2.35. The van der Waals surface area contributed by atoms with Crippen molar-refractivity contribution in [2.75, 3.05) is 13.7 Å². The zero-order chi connectivity index (χ0) is 20.4. The van der Waals surface area contributed by atoms with Crippen molar-refractivity contribution in [2.24, 2.45) is 0 Å². The second-order valence-electron chi connectivity index (χ2n) is 7.47. The van der Waals surface area contributed by atoms with E-state index in [1.807, 2.05) is 55.5 Å². The minimum absolute atomic E-state index is 0.0497. The zero-order valence-electron chi connectivity index (χ0n) is 16.7. The third kappa shape index (κ3) is 3.77. The molecule has 2 aromatic carbocycles. The van der Waals surface area contributed by atoms with E-state index in [2.05, 4.69) is 5.32 Å². The highest BCUT2D eigenvalue weighted by Gasteiger charge is 2.39. The molecule has 1 N–H and O–H groups in total. The Morgan fingerprint density at radius 3 is 2.48 bits per heavy atom. The van der Waals surface area contributed by atoms with E-state index in [1.165, 1.54) is 0 Å². The molecule has 1 aliphatic carbocycles. The van der Waals surface area contributed by atoms with Crippen LogP contribution in [0.3, 0.4) is 0 Å². The molecule has 1 heterocycles. The molecular weight excluding hydrogens is 366 g/mol. The smallest absolute Gasteiger partial charge is 0.225 e. The molecule has 2 atom stereocenters. The summed E-state index contributed by atoms with van der Waals surface area (Å²) in [6.07, 6.45) is 1.35. The van der Waals surface area contributed by atoms with Gasteiger partial charge in [0, 0.05) is 35.6 Å². The molecule has 5 nitrogen and oxygen atoms in total. The molecule has 1 amide bonds. The fraction of sp³-hybridized carbons (Fsp3) is 0.333. The number of Topliss-reactive ketones (excluding diaryl/α,β-unsaturated/α-hetero) is 1.